The molecule has 6 heteroatoms. The van der Waals surface area contributed by atoms with E-state index in [4.69, 9.17) is 21.3 Å². The average Bonchev–Trinajstić information content (AvgIpc) is 3.27. The van der Waals surface area contributed by atoms with Gasteiger partial charge in [0.15, 0.2) is 0 Å². The summed E-state index contributed by atoms with van der Waals surface area (Å²) in [5.74, 6) is 0.565. The fraction of sp³-hybridized carbons (Fsp3) is 0.318. The maximum Gasteiger partial charge on any atom is 0.247 e. The monoisotopic (exact) mass is 398 g/mol. The van der Waals surface area contributed by atoms with Crippen molar-refractivity contribution >= 4 is 17.3 Å². The van der Waals surface area contributed by atoms with Gasteiger partial charge in [-0.1, -0.05) is 50.1 Å². The molecule has 0 radical (unpaired) electrons. The summed E-state index contributed by atoms with van der Waals surface area (Å²) >= 11 is 6.01. The Hall–Kier alpha value is -2.84. The zero-order chi connectivity index (χ0) is 20.9. The third-order valence-electron chi connectivity index (χ3n) is 3.73. The molecule has 1 heterocycles. The molecule has 1 aromatic heterocycles. The number of aromatic nitrogens is 2. The molecule has 28 heavy (non-hydrogen) atoms. The fourth-order valence-electron chi connectivity index (χ4n) is 2.22. The van der Waals surface area contributed by atoms with E-state index in [1.165, 1.54) is 12.0 Å². The first-order valence-electron chi connectivity index (χ1n) is 9.33. The van der Waals surface area contributed by atoms with Gasteiger partial charge in [0.05, 0.1) is 10.6 Å². The fourth-order valence-corrected chi connectivity index (χ4v) is 2.42. The van der Waals surface area contributed by atoms with Gasteiger partial charge in [-0.3, -0.25) is 0 Å². The minimum atomic E-state index is 0.534. The second-order valence-corrected chi connectivity index (χ2v) is 6.13. The number of halogens is 1. The summed E-state index contributed by atoms with van der Waals surface area (Å²) in [5, 5.41) is 20.0. The molecule has 3 rings (SSSR count). The van der Waals surface area contributed by atoms with Crippen LogP contribution in [-0.2, 0) is 0 Å². The molecule has 1 N–H and O–H groups in total. The second-order valence-electron chi connectivity index (χ2n) is 5.75. The Labute approximate surface area is 172 Å². The third-order valence-corrected chi connectivity index (χ3v) is 4.22. The van der Waals surface area contributed by atoms with Crippen LogP contribution in [0.4, 0.5) is 5.69 Å². The van der Waals surface area contributed by atoms with Gasteiger partial charge in [-0.15, -0.1) is 10.2 Å². The molecule has 0 spiro atoms. The summed E-state index contributed by atoms with van der Waals surface area (Å²) in [7, 11) is 0. The van der Waals surface area contributed by atoms with E-state index in [-0.39, 0.29) is 0 Å². The minimum Gasteiger partial charge on any atom is -0.423 e. The minimum absolute atomic E-state index is 0.534. The smallest absolute Gasteiger partial charge is 0.247 e. The van der Waals surface area contributed by atoms with Gasteiger partial charge in [0.25, 0.3) is 0 Å². The zero-order valence-electron chi connectivity index (χ0n) is 17.1. The van der Waals surface area contributed by atoms with Gasteiger partial charge in [-0.2, -0.15) is 5.26 Å². The summed E-state index contributed by atoms with van der Waals surface area (Å²) in [4.78, 5) is 0. The average molecular weight is 399 g/mol. The van der Waals surface area contributed by atoms with E-state index in [1.807, 2.05) is 58.0 Å². The molecular formula is C22H27ClN4O. The molecule has 0 aliphatic carbocycles. The summed E-state index contributed by atoms with van der Waals surface area (Å²) in [5.41, 5.74) is 4.66. The van der Waals surface area contributed by atoms with Crippen LogP contribution in [0.5, 0.6) is 0 Å². The van der Waals surface area contributed by atoms with Gasteiger partial charge in [-0.05, 0) is 50.1 Å². The van der Waals surface area contributed by atoms with Crippen LogP contribution in [0.15, 0.2) is 47.2 Å². The van der Waals surface area contributed by atoms with Crippen molar-refractivity contribution in [2.75, 3.05) is 11.9 Å². The molecule has 5 nitrogen and oxygen atoms in total. The molecule has 0 saturated heterocycles. The highest BCUT2D eigenvalue weighted by Crippen LogP contribution is 2.26. The van der Waals surface area contributed by atoms with E-state index >= 15 is 0 Å². The Kier molecular flexibility index (Phi) is 10.4. The Balaban J connectivity index is 0.000000259. The number of aryl methyl sites for hydroxylation is 1. The lowest BCUT2D eigenvalue weighted by Crippen LogP contribution is -2.02. The first kappa shape index (κ1) is 23.2. The van der Waals surface area contributed by atoms with Crippen molar-refractivity contribution in [2.45, 2.75) is 41.0 Å². The molecule has 0 atom stereocenters. The topological polar surface area (TPSA) is 74.7 Å². The molecule has 0 aliphatic rings. The third kappa shape index (κ3) is 6.71. The summed E-state index contributed by atoms with van der Waals surface area (Å²) in [6.07, 6.45) is 2.40. The highest BCUT2D eigenvalue weighted by atomic mass is 35.5. The maximum absolute atomic E-state index is 8.75. The first-order valence-corrected chi connectivity index (χ1v) is 9.70. The molecule has 0 fully saturated rings. The SMILES string of the molecule is CC.CCCNc1ccc(C#N)c(Cl)c1C.Cc1ccc(-c2nnco2)cc1. The van der Waals surface area contributed by atoms with Crippen LogP contribution >= 0.6 is 11.6 Å². The molecule has 3 aromatic rings. The van der Waals surface area contributed by atoms with E-state index in [9.17, 15) is 0 Å². The lowest BCUT2D eigenvalue weighted by atomic mass is 10.1. The number of nitrogens with zero attached hydrogens (tertiary/aromatic N) is 3. The highest BCUT2D eigenvalue weighted by Gasteiger charge is 2.06. The van der Waals surface area contributed by atoms with Crippen molar-refractivity contribution in [3.63, 3.8) is 0 Å². The Morgan fingerprint density at radius 2 is 1.79 bits per heavy atom. The van der Waals surface area contributed by atoms with Crippen LogP contribution in [0.1, 0.15) is 43.9 Å². The van der Waals surface area contributed by atoms with E-state index < -0.39 is 0 Å². The van der Waals surface area contributed by atoms with Gasteiger partial charge < -0.3 is 9.73 Å². The molecule has 148 valence electrons. The van der Waals surface area contributed by atoms with Gasteiger partial charge in [0.2, 0.25) is 12.3 Å². The van der Waals surface area contributed by atoms with Gasteiger partial charge in [0.1, 0.15) is 6.07 Å². The highest BCUT2D eigenvalue weighted by molar-refractivity contribution is 6.32. The van der Waals surface area contributed by atoms with Crippen molar-refractivity contribution in [1.82, 2.24) is 10.2 Å². The largest absolute Gasteiger partial charge is 0.423 e. The van der Waals surface area contributed by atoms with Crippen LogP contribution in [0.25, 0.3) is 11.5 Å². The lowest BCUT2D eigenvalue weighted by molar-refractivity contribution is 0.568. The van der Waals surface area contributed by atoms with Crippen molar-refractivity contribution < 1.29 is 4.42 Å². The number of anilines is 1. The lowest BCUT2D eigenvalue weighted by Gasteiger charge is -2.10. The maximum atomic E-state index is 8.75. The van der Waals surface area contributed by atoms with E-state index in [0.717, 1.165) is 29.8 Å². The van der Waals surface area contributed by atoms with Gasteiger partial charge in [-0.25, -0.2) is 0 Å². The second kappa shape index (κ2) is 12.5. The van der Waals surface area contributed by atoms with Crippen molar-refractivity contribution in [2.24, 2.45) is 0 Å². The Bertz CT molecular complexity index is 869. The number of hydrogen-bond acceptors (Lipinski definition) is 5. The van der Waals surface area contributed by atoms with Crippen LogP contribution in [0.3, 0.4) is 0 Å². The van der Waals surface area contributed by atoms with Crippen molar-refractivity contribution in [3.8, 4) is 17.5 Å². The van der Waals surface area contributed by atoms with Crippen molar-refractivity contribution in [1.29, 1.82) is 5.26 Å². The number of nitriles is 1. The molecular weight excluding hydrogens is 372 g/mol. The van der Waals surface area contributed by atoms with Crippen molar-refractivity contribution in [3.05, 3.63) is 64.5 Å². The number of nitrogens with one attached hydrogen (secondary N) is 1. The Morgan fingerprint density at radius 3 is 2.32 bits per heavy atom. The Morgan fingerprint density at radius 1 is 1.11 bits per heavy atom. The summed E-state index contributed by atoms with van der Waals surface area (Å²) in [6.45, 7) is 11.0. The van der Waals surface area contributed by atoms with Crippen LogP contribution in [0.2, 0.25) is 5.02 Å². The van der Waals surface area contributed by atoms with E-state index in [1.54, 1.807) is 6.07 Å². The number of rotatable bonds is 4. The molecule has 0 unspecified atom stereocenters. The normalized spacial score (nSPS) is 9.32. The molecule has 0 amide bonds. The van der Waals surface area contributed by atoms with Gasteiger partial charge in [0, 0.05) is 17.8 Å². The molecule has 2 aromatic carbocycles. The molecule has 0 bridgehead atoms. The first-order chi connectivity index (χ1) is 13.6. The van der Waals surface area contributed by atoms with Crippen LogP contribution in [0, 0.1) is 25.2 Å². The van der Waals surface area contributed by atoms with Crippen LogP contribution in [-0.4, -0.2) is 16.7 Å². The number of benzene rings is 2. The van der Waals surface area contributed by atoms with Gasteiger partial charge >= 0.3 is 0 Å². The number of hydrogen-bond donors (Lipinski definition) is 1. The summed E-state index contributed by atoms with van der Waals surface area (Å²) in [6, 6.07) is 13.7. The predicted octanol–water partition coefficient (Wildman–Crippen LogP) is 6.41. The zero-order valence-corrected chi connectivity index (χ0v) is 17.8. The molecule has 0 saturated carbocycles. The van der Waals surface area contributed by atoms with E-state index in [0.29, 0.717) is 16.5 Å². The van der Waals surface area contributed by atoms with Crippen LogP contribution < -0.4 is 5.32 Å². The predicted molar refractivity (Wildman–Crippen MR) is 116 cm³/mol. The quantitative estimate of drug-likeness (QED) is 0.549. The summed E-state index contributed by atoms with van der Waals surface area (Å²) < 4.78 is 5.04. The standard InChI is InChI=1S/C11H13ClN2.C9H8N2O.C2H6/c1-3-6-14-10-5-4-9(7-13)11(12)8(10)2;1-7-2-4-8(5-3-7)9-11-10-6-12-9;1-2/h4-5,14H,3,6H2,1-2H3;2-6H,1H3;1-2H3. The van der Waals surface area contributed by atoms with E-state index in [2.05, 4.69) is 28.5 Å². The molecule has 0 aliphatic heterocycles.